The predicted octanol–water partition coefficient (Wildman–Crippen LogP) is 2.94. The zero-order valence-electron chi connectivity index (χ0n) is 14.4. The third-order valence-corrected chi connectivity index (χ3v) is 4.58. The summed E-state index contributed by atoms with van der Waals surface area (Å²) in [5, 5.41) is 2.89. The molecule has 1 fully saturated rings. The van der Waals surface area contributed by atoms with E-state index in [1.54, 1.807) is 18.2 Å². The maximum Gasteiger partial charge on any atom is 0.256 e. The average molecular weight is 337 g/mol. The van der Waals surface area contributed by atoms with Gasteiger partial charge in [-0.05, 0) is 49.1 Å². The standard InChI is InChI=1S/C20H23N3O2/c1-14-5-4-6-17(18(14)20(25)23-11-2-3-12-23)22-19(24)16-9-7-15(13-21)8-10-16/h4-10H,2-3,11-13,21H2,1H3,(H,22,24). The summed E-state index contributed by atoms with van der Waals surface area (Å²) in [6, 6.07) is 12.7. The fourth-order valence-corrected chi connectivity index (χ4v) is 3.12. The van der Waals surface area contributed by atoms with E-state index in [1.807, 2.05) is 36.1 Å². The van der Waals surface area contributed by atoms with E-state index in [1.165, 1.54) is 0 Å². The smallest absolute Gasteiger partial charge is 0.256 e. The molecule has 0 saturated carbocycles. The van der Waals surface area contributed by atoms with Gasteiger partial charge in [-0.1, -0.05) is 24.3 Å². The van der Waals surface area contributed by atoms with Gasteiger partial charge in [-0.2, -0.15) is 0 Å². The number of nitrogens with zero attached hydrogens (tertiary/aromatic N) is 1. The quantitative estimate of drug-likeness (QED) is 0.901. The summed E-state index contributed by atoms with van der Waals surface area (Å²) in [6.07, 6.45) is 2.07. The van der Waals surface area contributed by atoms with Gasteiger partial charge in [0.1, 0.15) is 0 Å². The van der Waals surface area contributed by atoms with Crippen molar-refractivity contribution in [3.05, 3.63) is 64.7 Å². The Labute approximate surface area is 147 Å². The summed E-state index contributed by atoms with van der Waals surface area (Å²) in [4.78, 5) is 27.3. The van der Waals surface area contributed by atoms with E-state index in [2.05, 4.69) is 5.32 Å². The third kappa shape index (κ3) is 3.72. The number of hydrogen-bond acceptors (Lipinski definition) is 3. The normalized spacial score (nSPS) is 13.8. The Morgan fingerprint density at radius 1 is 1.08 bits per heavy atom. The maximum absolute atomic E-state index is 12.9. The van der Waals surface area contributed by atoms with Crippen molar-refractivity contribution in [3.63, 3.8) is 0 Å². The van der Waals surface area contributed by atoms with Gasteiger partial charge in [-0.15, -0.1) is 0 Å². The number of anilines is 1. The topological polar surface area (TPSA) is 75.4 Å². The molecule has 0 aliphatic carbocycles. The van der Waals surface area contributed by atoms with Crippen molar-refractivity contribution in [2.24, 2.45) is 5.73 Å². The second-order valence-corrected chi connectivity index (χ2v) is 6.35. The molecule has 25 heavy (non-hydrogen) atoms. The van der Waals surface area contributed by atoms with E-state index in [9.17, 15) is 9.59 Å². The lowest BCUT2D eigenvalue weighted by Gasteiger charge is -2.19. The van der Waals surface area contributed by atoms with Gasteiger partial charge in [0, 0.05) is 25.2 Å². The Kier molecular flexibility index (Phi) is 5.14. The minimum atomic E-state index is -0.232. The van der Waals surface area contributed by atoms with Crippen LogP contribution in [0.1, 0.15) is 44.7 Å². The molecule has 0 spiro atoms. The molecule has 1 heterocycles. The molecule has 5 heteroatoms. The van der Waals surface area contributed by atoms with Crippen LogP contribution >= 0.6 is 0 Å². The second kappa shape index (κ2) is 7.49. The first kappa shape index (κ1) is 17.2. The van der Waals surface area contributed by atoms with E-state index in [4.69, 9.17) is 5.73 Å². The van der Waals surface area contributed by atoms with Crippen LogP contribution in [0.4, 0.5) is 5.69 Å². The summed E-state index contributed by atoms with van der Waals surface area (Å²) < 4.78 is 0. The van der Waals surface area contributed by atoms with Crippen molar-refractivity contribution in [2.45, 2.75) is 26.3 Å². The molecule has 3 rings (SSSR count). The van der Waals surface area contributed by atoms with Crippen LogP contribution in [0.2, 0.25) is 0 Å². The highest BCUT2D eigenvalue weighted by atomic mass is 16.2. The van der Waals surface area contributed by atoms with E-state index in [0.717, 1.165) is 37.1 Å². The van der Waals surface area contributed by atoms with E-state index < -0.39 is 0 Å². The van der Waals surface area contributed by atoms with Gasteiger partial charge >= 0.3 is 0 Å². The molecule has 1 saturated heterocycles. The third-order valence-electron chi connectivity index (χ3n) is 4.58. The van der Waals surface area contributed by atoms with Gasteiger partial charge < -0.3 is 16.0 Å². The first-order valence-corrected chi connectivity index (χ1v) is 8.59. The zero-order valence-corrected chi connectivity index (χ0v) is 14.4. The lowest BCUT2D eigenvalue weighted by atomic mass is 10.0. The molecule has 2 amide bonds. The first-order valence-electron chi connectivity index (χ1n) is 8.59. The van der Waals surface area contributed by atoms with Crippen LogP contribution in [0.25, 0.3) is 0 Å². The largest absolute Gasteiger partial charge is 0.339 e. The van der Waals surface area contributed by atoms with Crippen molar-refractivity contribution in [2.75, 3.05) is 18.4 Å². The number of carbonyl (C=O) groups is 2. The van der Waals surface area contributed by atoms with Gasteiger partial charge in [0.05, 0.1) is 11.3 Å². The van der Waals surface area contributed by atoms with Crippen molar-refractivity contribution < 1.29 is 9.59 Å². The predicted molar refractivity (Wildman–Crippen MR) is 98.6 cm³/mol. The summed E-state index contributed by atoms with van der Waals surface area (Å²) in [6.45, 7) is 3.89. The van der Waals surface area contributed by atoms with Gasteiger partial charge in [0.25, 0.3) is 11.8 Å². The minimum absolute atomic E-state index is 0.00983. The Bertz CT molecular complexity index is 778. The number of nitrogens with one attached hydrogen (secondary N) is 1. The maximum atomic E-state index is 12.9. The number of nitrogens with two attached hydrogens (primary N) is 1. The molecule has 3 N–H and O–H groups in total. The van der Waals surface area contributed by atoms with Crippen molar-refractivity contribution in [1.29, 1.82) is 0 Å². The molecule has 0 atom stereocenters. The summed E-state index contributed by atoms with van der Waals surface area (Å²) in [7, 11) is 0. The molecule has 0 radical (unpaired) electrons. The molecule has 5 nitrogen and oxygen atoms in total. The van der Waals surface area contributed by atoms with E-state index >= 15 is 0 Å². The van der Waals surface area contributed by atoms with Crippen molar-refractivity contribution in [1.82, 2.24) is 4.90 Å². The van der Waals surface area contributed by atoms with Crippen molar-refractivity contribution in [3.8, 4) is 0 Å². The molecule has 0 aromatic heterocycles. The molecular formula is C20H23N3O2. The van der Waals surface area contributed by atoms with Crippen LogP contribution in [0.15, 0.2) is 42.5 Å². The Morgan fingerprint density at radius 2 is 1.76 bits per heavy atom. The Hall–Kier alpha value is -2.66. The lowest BCUT2D eigenvalue weighted by Crippen LogP contribution is -2.29. The summed E-state index contributed by atoms with van der Waals surface area (Å²) in [5.74, 6) is -0.242. The molecule has 0 bridgehead atoms. The summed E-state index contributed by atoms with van der Waals surface area (Å²) >= 11 is 0. The number of likely N-dealkylation sites (tertiary alicyclic amines) is 1. The lowest BCUT2D eigenvalue weighted by molar-refractivity contribution is 0.0793. The fourth-order valence-electron chi connectivity index (χ4n) is 3.12. The molecule has 130 valence electrons. The fraction of sp³-hybridized carbons (Fsp3) is 0.300. The van der Waals surface area contributed by atoms with E-state index in [0.29, 0.717) is 23.4 Å². The second-order valence-electron chi connectivity index (χ2n) is 6.35. The highest BCUT2D eigenvalue weighted by molar-refractivity contribution is 6.09. The van der Waals surface area contributed by atoms with Crippen LogP contribution in [0.3, 0.4) is 0 Å². The number of hydrogen-bond donors (Lipinski definition) is 2. The number of aryl methyl sites for hydroxylation is 1. The molecule has 1 aliphatic rings. The highest BCUT2D eigenvalue weighted by Gasteiger charge is 2.24. The number of benzene rings is 2. The van der Waals surface area contributed by atoms with Gasteiger partial charge in [-0.25, -0.2) is 0 Å². The van der Waals surface area contributed by atoms with E-state index in [-0.39, 0.29) is 11.8 Å². The first-order chi connectivity index (χ1) is 12.1. The van der Waals surface area contributed by atoms with Crippen LogP contribution in [-0.2, 0) is 6.54 Å². The SMILES string of the molecule is Cc1cccc(NC(=O)c2ccc(CN)cc2)c1C(=O)N1CCCC1. The minimum Gasteiger partial charge on any atom is -0.339 e. The Balaban J connectivity index is 1.85. The molecule has 2 aromatic rings. The highest BCUT2D eigenvalue weighted by Crippen LogP contribution is 2.24. The van der Waals surface area contributed by atoms with Gasteiger partial charge in [-0.3, -0.25) is 9.59 Å². The van der Waals surface area contributed by atoms with Crippen LogP contribution in [-0.4, -0.2) is 29.8 Å². The zero-order chi connectivity index (χ0) is 17.8. The Morgan fingerprint density at radius 3 is 2.40 bits per heavy atom. The summed E-state index contributed by atoms with van der Waals surface area (Å²) in [5.41, 5.74) is 9.10. The van der Waals surface area contributed by atoms with Crippen molar-refractivity contribution >= 4 is 17.5 Å². The van der Waals surface area contributed by atoms with Crippen LogP contribution in [0, 0.1) is 6.92 Å². The number of carbonyl (C=O) groups excluding carboxylic acids is 2. The molecular weight excluding hydrogens is 314 g/mol. The van der Waals surface area contributed by atoms with Gasteiger partial charge in [0.15, 0.2) is 0 Å². The molecule has 0 unspecified atom stereocenters. The monoisotopic (exact) mass is 337 g/mol. The van der Waals surface area contributed by atoms with Crippen LogP contribution < -0.4 is 11.1 Å². The molecule has 1 aliphatic heterocycles. The number of rotatable bonds is 4. The average Bonchev–Trinajstić information content (AvgIpc) is 3.16. The number of amides is 2. The van der Waals surface area contributed by atoms with Gasteiger partial charge in [0.2, 0.25) is 0 Å². The van der Waals surface area contributed by atoms with Crippen LogP contribution in [0.5, 0.6) is 0 Å². The molecule has 2 aromatic carbocycles.